The minimum absolute atomic E-state index is 0.134. The molecule has 1 unspecified atom stereocenters. The molecule has 0 aromatic rings. The van der Waals surface area contributed by atoms with E-state index in [-0.39, 0.29) is 17.9 Å². The van der Waals surface area contributed by atoms with Gasteiger partial charge < -0.3 is 10.4 Å². The van der Waals surface area contributed by atoms with Crippen LogP contribution in [0, 0.1) is 11.8 Å². The van der Waals surface area contributed by atoms with Crippen LogP contribution in [0.1, 0.15) is 25.7 Å². The molecule has 3 heteroatoms. The molecular weight excluding hydrogens is 154 g/mol. The van der Waals surface area contributed by atoms with Gasteiger partial charge >= 0.3 is 0 Å². The second-order valence-corrected chi connectivity index (χ2v) is 3.92. The molecule has 0 spiro atoms. The first-order valence-electron chi connectivity index (χ1n) is 4.73. The van der Waals surface area contributed by atoms with Gasteiger partial charge in [0.2, 0.25) is 5.91 Å². The molecule has 3 nitrogen and oxygen atoms in total. The first-order valence-corrected chi connectivity index (χ1v) is 4.73. The molecule has 0 heterocycles. The lowest BCUT2D eigenvalue weighted by Crippen LogP contribution is -2.33. The maximum atomic E-state index is 11.1. The van der Waals surface area contributed by atoms with Crippen molar-refractivity contribution in [3.8, 4) is 0 Å². The van der Waals surface area contributed by atoms with Gasteiger partial charge in [0.05, 0.1) is 6.10 Å². The molecule has 1 atom stereocenters. The maximum absolute atomic E-state index is 11.1. The number of nitrogens with one attached hydrogen (secondary N) is 1. The van der Waals surface area contributed by atoms with Gasteiger partial charge in [-0.3, -0.25) is 4.79 Å². The molecular formula is C9H15NO2. The third-order valence-corrected chi connectivity index (χ3v) is 2.60. The van der Waals surface area contributed by atoms with E-state index in [9.17, 15) is 9.90 Å². The molecule has 0 aromatic heterocycles. The van der Waals surface area contributed by atoms with E-state index in [1.54, 1.807) is 0 Å². The number of carbonyl (C=O) groups is 1. The van der Waals surface area contributed by atoms with E-state index in [2.05, 4.69) is 5.32 Å². The predicted molar refractivity (Wildman–Crippen MR) is 44.5 cm³/mol. The molecule has 2 fully saturated rings. The molecule has 0 saturated heterocycles. The third kappa shape index (κ3) is 1.97. The van der Waals surface area contributed by atoms with E-state index in [0.717, 1.165) is 25.7 Å². The Labute approximate surface area is 72.2 Å². The Morgan fingerprint density at radius 1 is 1.42 bits per heavy atom. The third-order valence-electron chi connectivity index (χ3n) is 2.60. The van der Waals surface area contributed by atoms with E-state index >= 15 is 0 Å². The number of aliphatic hydroxyl groups excluding tert-OH is 1. The molecule has 12 heavy (non-hydrogen) atoms. The van der Waals surface area contributed by atoms with Crippen LogP contribution < -0.4 is 5.32 Å². The highest BCUT2D eigenvalue weighted by Gasteiger charge is 2.32. The van der Waals surface area contributed by atoms with E-state index in [1.165, 1.54) is 0 Å². The highest BCUT2D eigenvalue weighted by Crippen LogP contribution is 2.32. The molecule has 0 bridgehead atoms. The largest absolute Gasteiger partial charge is 0.391 e. The van der Waals surface area contributed by atoms with Crippen molar-refractivity contribution in [2.45, 2.75) is 31.8 Å². The number of carbonyl (C=O) groups excluding carboxylic acids is 1. The van der Waals surface area contributed by atoms with Gasteiger partial charge in [-0.1, -0.05) is 0 Å². The highest BCUT2D eigenvalue weighted by molar-refractivity contribution is 5.80. The van der Waals surface area contributed by atoms with Gasteiger partial charge in [-0.2, -0.15) is 0 Å². The molecule has 0 aromatic carbocycles. The number of aliphatic hydroxyl groups is 1. The quantitative estimate of drug-likeness (QED) is 0.635. The summed E-state index contributed by atoms with van der Waals surface area (Å²) < 4.78 is 0. The fourth-order valence-electron chi connectivity index (χ4n) is 1.34. The Morgan fingerprint density at radius 3 is 2.58 bits per heavy atom. The van der Waals surface area contributed by atoms with Crippen LogP contribution >= 0.6 is 0 Å². The summed E-state index contributed by atoms with van der Waals surface area (Å²) in [6.07, 6.45) is 4.02. The van der Waals surface area contributed by atoms with Gasteiger partial charge in [0, 0.05) is 12.5 Å². The van der Waals surface area contributed by atoms with Crippen molar-refractivity contribution in [2.24, 2.45) is 11.8 Å². The summed E-state index contributed by atoms with van der Waals surface area (Å²) in [7, 11) is 0. The summed E-state index contributed by atoms with van der Waals surface area (Å²) in [5.41, 5.74) is 0. The van der Waals surface area contributed by atoms with Crippen LogP contribution in [-0.4, -0.2) is 23.7 Å². The van der Waals surface area contributed by atoms with Crippen molar-refractivity contribution >= 4 is 5.91 Å². The first kappa shape index (κ1) is 8.05. The summed E-state index contributed by atoms with van der Waals surface area (Å²) in [6.45, 7) is 0.458. The fraction of sp³-hybridized carbons (Fsp3) is 0.889. The number of amides is 1. The Bertz CT molecular complexity index is 185. The van der Waals surface area contributed by atoms with Crippen LogP contribution in [0.5, 0.6) is 0 Å². The van der Waals surface area contributed by atoms with Crippen LogP contribution in [0.15, 0.2) is 0 Å². The standard InChI is InChI=1S/C9H15NO2/c11-8(6-1-2-6)5-10-9(12)7-3-4-7/h6-8,11H,1-5H2,(H,10,12). The second kappa shape index (κ2) is 3.05. The average molecular weight is 169 g/mol. The summed E-state index contributed by atoms with van der Waals surface area (Å²) in [6, 6.07) is 0. The van der Waals surface area contributed by atoms with E-state index in [1.807, 2.05) is 0 Å². The van der Waals surface area contributed by atoms with E-state index in [4.69, 9.17) is 0 Å². The Balaban J connectivity index is 1.62. The van der Waals surface area contributed by atoms with Crippen LogP contribution in [0.25, 0.3) is 0 Å². The molecule has 2 saturated carbocycles. The lowest BCUT2D eigenvalue weighted by molar-refractivity contribution is -0.122. The van der Waals surface area contributed by atoms with Crippen molar-refractivity contribution in [1.29, 1.82) is 0 Å². The van der Waals surface area contributed by atoms with Crippen molar-refractivity contribution in [3.05, 3.63) is 0 Å². The van der Waals surface area contributed by atoms with Gasteiger partial charge in [-0.15, -0.1) is 0 Å². The van der Waals surface area contributed by atoms with Gasteiger partial charge in [0.25, 0.3) is 0 Å². The van der Waals surface area contributed by atoms with Gasteiger partial charge in [0.1, 0.15) is 0 Å². The normalized spacial score (nSPS) is 25.1. The molecule has 0 aliphatic heterocycles. The second-order valence-electron chi connectivity index (χ2n) is 3.92. The minimum Gasteiger partial charge on any atom is -0.391 e. The zero-order valence-corrected chi connectivity index (χ0v) is 7.12. The zero-order chi connectivity index (χ0) is 8.55. The summed E-state index contributed by atoms with van der Waals surface area (Å²) in [5, 5.41) is 12.2. The van der Waals surface area contributed by atoms with E-state index in [0.29, 0.717) is 12.5 Å². The molecule has 2 aliphatic rings. The van der Waals surface area contributed by atoms with Gasteiger partial charge in [-0.25, -0.2) is 0 Å². The van der Waals surface area contributed by atoms with Crippen molar-refractivity contribution in [1.82, 2.24) is 5.32 Å². The SMILES string of the molecule is O=C(NCC(O)C1CC1)C1CC1. The van der Waals surface area contributed by atoms with Crippen LogP contribution in [0.4, 0.5) is 0 Å². The van der Waals surface area contributed by atoms with Gasteiger partial charge in [-0.05, 0) is 31.6 Å². The number of hydrogen-bond acceptors (Lipinski definition) is 2. The smallest absolute Gasteiger partial charge is 0.223 e. The number of rotatable bonds is 4. The monoisotopic (exact) mass is 169 g/mol. The summed E-state index contributed by atoms with van der Waals surface area (Å²) >= 11 is 0. The zero-order valence-electron chi connectivity index (χ0n) is 7.12. The van der Waals surface area contributed by atoms with Crippen LogP contribution in [0.2, 0.25) is 0 Å². The molecule has 1 amide bonds. The lowest BCUT2D eigenvalue weighted by atomic mass is 10.2. The maximum Gasteiger partial charge on any atom is 0.223 e. The molecule has 0 radical (unpaired) electrons. The molecule has 68 valence electrons. The molecule has 2 rings (SSSR count). The highest BCUT2D eigenvalue weighted by atomic mass is 16.3. The lowest BCUT2D eigenvalue weighted by Gasteiger charge is -2.09. The minimum atomic E-state index is -0.298. The van der Waals surface area contributed by atoms with Crippen molar-refractivity contribution in [2.75, 3.05) is 6.54 Å². The Hall–Kier alpha value is -0.570. The van der Waals surface area contributed by atoms with Gasteiger partial charge in [0.15, 0.2) is 0 Å². The Kier molecular flexibility index (Phi) is 2.05. The number of hydrogen-bond donors (Lipinski definition) is 2. The van der Waals surface area contributed by atoms with E-state index < -0.39 is 0 Å². The summed E-state index contributed by atoms with van der Waals surface area (Å²) in [4.78, 5) is 11.1. The molecule has 2 N–H and O–H groups in total. The summed E-state index contributed by atoms with van der Waals surface area (Å²) in [5.74, 6) is 0.857. The molecule has 2 aliphatic carbocycles. The Morgan fingerprint density at radius 2 is 2.08 bits per heavy atom. The van der Waals surface area contributed by atoms with Crippen LogP contribution in [-0.2, 0) is 4.79 Å². The van der Waals surface area contributed by atoms with Crippen molar-refractivity contribution in [3.63, 3.8) is 0 Å². The fourth-order valence-corrected chi connectivity index (χ4v) is 1.34. The predicted octanol–water partition coefficient (Wildman–Crippen LogP) is 0.283. The first-order chi connectivity index (χ1) is 5.77. The van der Waals surface area contributed by atoms with Crippen molar-refractivity contribution < 1.29 is 9.90 Å². The topological polar surface area (TPSA) is 49.3 Å². The van der Waals surface area contributed by atoms with Crippen LogP contribution in [0.3, 0.4) is 0 Å². The average Bonchev–Trinajstić information content (AvgIpc) is 2.91.